The fourth-order valence-electron chi connectivity index (χ4n) is 1.90. The molecule has 5 heteroatoms. The number of anilines is 1. The summed E-state index contributed by atoms with van der Waals surface area (Å²) in [5.74, 6) is 1.01. The lowest BCUT2D eigenvalue weighted by Crippen LogP contribution is -2.30. The first-order valence-electron chi connectivity index (χ1n) is 6.87. The molecule has 2 rings (SSSR count). The molecule has 0 spiro atoms. The monoisotopic (exact) mass is 319 g/mol. The first-order chi connectivity index (χ1) is 10.5. The summed E-state index contributed by atoms with van der Waals surface area (Å²) in [4.78, 5) is 12.2. The quantitative estimate of drug-likeness (QED) is 0.904. The van der Waals surface area contributed by atoms with Gasteiger partial charge in [0.25, 0.3) is 5.91 Å². The van der Waals surface area contributed by atoms with Crippen LogP contribution in [-0.4, -0.2) is 19.1 Å². The molecule has 22 heavy (non-hydrogen) atoms. The third kappa shape index (κ3) is 4.15. The molecule has 4 nitrogen and oxygen atoms in total. The Balaban J connectivity index is 2.04. The van der Waals surface area contributed by atoms with E-state index in [1.54, 1.807) is 44.4 Å². The van der Waals surface area contributed by atoms with Crippen LogP contribution in [0.4, 0.5) is 5.69 Å². The topological polar surface area (TPSA) is 47.6 Å². The second-order valence-electron chi connectivity index (χ2n) is 4.89. The number of rotatable bonds is 5. The predicted molar refractivity (Wildman–Crippen MR) is 87.9 cm³/mol. The van der Waals surface area contributed by atoms with Crippen molar-refractivity contribution in [1.82, 2.24) is 0 Å². The van der Waals surface area contributed by atoms with Crippen molar-refractivity contribution < 1.29 is 14.3 Å². The molecule has 1 atom stereocenters. The van der Waals surface area contributed by atoms with E-state index in [1.165, 1.54) is 0 Å². The molecule has 1 amide bonds. The minimum atomic E-state index is -0.648. The highest BCUT2D eigenvalue weighted by Crippen LogP contribution is 2.22. The molecule has 0 heterocycles. The van der Waals surface area contributed by atoms with Gasteiger partial charge in [-0.2, -0.15) is 0 Å². The summed E-state index contributed by atoms with van der Waals surface area (Å²) in [5.41, 5.74) is 1.62. The smallest absolute Gasteiger partial charge is 0.265 e. The molecule has 2 aromatic carbocycles. The summed E-state index contributed by atoms with van der Waals surface area (Å²) in [7, 11) is 1.58. The molecular formula is C17H18ClNO3. The van der Waals surface area contributed by atoms with E-state index in [-0.39, 0.29) is 5.91 Å². The highest BCUT2D eigenvalue weighted by molar-refractivity contribution is 6.31. The number of carbonyl (C=O) groups excluding carboxylic acids is 1. The van der Waals surface area contributed by atoms with Gasteiger partial charge in [-0.05, 0) is 43.7 Å². The van der Waals surface area contributed by atoms with Crippen molar-refractivity contribution in [2.45, 2.75) is 20.0 Å². The average molecular weight is 320 g/mol. The Morgan fingerprint density at radius 1 is 1.18 bits per heavy atom. The fraction of sp³-hybridized carbons (Fsp3) is 0.235. The second kappa shape index (κ2) is 7.18. The summed E-state index contributed by atoms with van der Waals surface area (Å²) in [5, 5.41) is 3.39. The largest absolute Gasteiger partial charge is 0.497 e. The number of amides is 1. The summed E-state index contributed by atoms with van der Waals surface area (Å²) in [6, 6.07) is 12.5. The van der Waals surface area contributed by atoms with Gasteiger partial charge in [-0.15, -0.1) is 0 Å². The zero-order chi connectivity index (χ0) is 16.1. The van der Waals surface area contributed by atoms with Gasteiger partial charge >= 0.3 is 0 Å². The van der Waals surface area contributed by atoms with E-state index < -0.39 is 6.10 Å². The minimum absolute atomic E-state index is 0.242. The molecule has 0 unspecified atom stereocenters. The molecule has 0 aliphatic carbocycles. The summed E-state index contributed by atoms with van der Waals surface area (Å²) in [6.07, 6.45) is -0.648. The Morgan fingerprint density at radius 3 is 2.64 bits per heavy atom. The standard InChI is InChI=1S/C17H18ClNO3/c1-11-7-8-13(18)9-16(11)19-17(20)12(2)22-15-6-4-5-14(10-15)21-3/h4-10,12H,1-3H3,(H,19,20)/t12-/m1/s1. The van der Waals surface area contributed by atoms with Gasteiger partial charge in [-0.3, -0.25) is 4.79 Å². The van der Waals surface area contributed by atoms with Crippen LogP contribution in [0.2, 0.25) is 5.02 Å². The normalized spacial score (nSPS) is 11.6. The third-order valence-electron chi connectivity index (χ3n) is 3.18. The van der Waals surface area contributed by atoms with Crippen LogP contribution >= 0.6 is 11.6 Å². The SMILES string of the molecule is COc1cccc(O[C@H](C)C(=O)Nc2cc(Cl)ccc2C)c1. The van der Waals surface area contributed by atoms with E-state index >= 15 is 0 Å². The van der Waals surface area contributed by atoms with Gasteiger partial charge in [0.1, 0.15) is 11.5 Å². The Labute approximate surface area is 135 Å². The van der Waals surface area contributed by atoms with Gasteiger partial charge in [0.15, 0.2) is 6.10 Å². The van der Waals surface area contributed by atoms with Gasteiger partial charge in [0.05, 0.1) is 7.11 Å². The molecule has 0 saturated carbocycles. The lowest BCUT2D eigenvalue weighted by Gasteiger charge is -2.16. The van der Waals surface area contributed by atoms with E-state index in [1.807, 2.05) is 19.1 Å². The van der Waals surface area contributed by atoms with Crippen molar-refractivity contribution in [1.29, 1.82) is 0 Å². The summed E-state index contributed by atoms with van der Waals surface area (Å²) in [6.45, 7) is 3.59. The van der Waals surface area contributed by atoms with Gasteiger partial charge in [-0.25, -0.2) is 0 Å². The lowest BCUT2D eigenvalue weighted by molar-refractivity contribution is -0.122. The third-order valence-corrected chi connectivity index (χ3v) is 3.42. The Hall–Kier alpha value is -2.20. The number of aryl methyl sites for hydroxylation is 1. The fourth-order valence-corrected chi connectivity index (χ4v) is 2.07. The maximum Gasteiger partial charge on any atom is 0.265 e. The maximum absolute atomic E-state index is 12.2. The van der Waals surface area contributed by atoms with Crippen molar-refractivity contribution in [2.75, 3.05) is 12.4 Å². The van der Waals surface area contributed by atoms with E-state index in [0.717, 1.165) is 5.56 Å². The first kappa shape index (κ1) is 16.2. The molecular weight excluding hydrogens is 302 g/mol. The highest BCUT2D eigenvalue weighted by atomic mass is 35.5. The highest BCUT2D eigenvalue weighted by Gasteiger charge is 2.16. The van der Waals surface area contributed by atoms with Crippen LogP contribution in [-0.2, 0) is 4.79 Å². The maximum atomic E-state index is 12.2. The molecule has 116 valence electrons. The molecule has 0 bridgehead atoms. The van der Waals surface area contributed by atoms with E-state index in [4.69, 9.17) is 21.1 Å². The number of methoxy groups -OCH3 is 1. The zero-order valence-electron chi connectivity index (χ0n) is 12.7. The summed E-state index contributed by atoms with van der Waals surface area (Å²) >= 11 is 5.95. The van der Waals surface area contributed by atoms with Crippen molar-refractivity contribution in [3.8, 4) is 11.5 Å². The number of nitrogens with one attached hydrogen (secondary N) is 1. The van der Waals surface area contributed by atoms with Crippen LogP contribution in [0, 0.1) is 6.92 Å². The Bertz CT molecular complexity index is 673. The van der Waals surface area contributed by atoms with Crippen molar-refractivity contribution >= 4 is 23.2 Å². The van der Waals surface area contributed by atoms with Crippen LogP contribution in [0.3, 0.4) is 0 Å². The molecule has 0 radical (unpaired) electrons. The molecule has 2 aromatic rings. The van der Waals surface area contributed by atoms with Gasteiger partial charge in [0, 0.05) is 16.8 Å². The van der Waals surface area contributed by atoms with Crippen LogP contribution in [0.1, 0.15) is 12.5 Å². The molecule has 0 saturated heterocycles. The average Bonchev–Trinajstić information content (AvgIpc) is 2.51. The molecule has 0 fully saturated rings. The number of hydrogen-bond acceptors (Lipinski definition) is 3. The van der Waals surface area contributed by atoms with E-state index in [9.17, 15) is 4.79 Å². The summed E-state index contributed by atoms with van der Waals surface area (Å²) < 4.78 is 10.8. The van der Waals surface area contributed by atoms with Crippen LogP contribution < -0.4 is 14.8 Å². The van der Waals surface area contributed by atoms with Crippen molar-refractivity contribution in [3.63, 3.8) is 0 Å². The number of halogens is 1. The van der Waals surface area contributed by atoms with E-state index in [0.29, 0.717) is 22.2 Å². The zero-order valence-corrected chi connectivity index (χ0v) is 13.5. The Morgan fingerprint density at radius 2 is 1.91 bits per heavy atom. The van der Waals surface area contributed by atoms with Gasteiger partial charge in [-0.1, -0.05) is 23.7 Å². The molecule has 0 aliphatic heterocycles. The number of carbonyl (C=O) groups is 1. The van der Waals surface area contributed by atoms with E-state index in [2.05, 4.69) is 5.32 Å². The minimum Gasteiger partial charge on any atom is -0.497 e. The van der Waals surface area contributed by atoms with Gasteiger partial charge < -0.3 is 14.8 Å². The van der Waals surface area contributed by atoms with Crippen molar-refractivity contribution in [3.05, 3.63) is 53.1 Å². The number of benzene rings is 2. The molecule has 1 N–H and O–H groups in total. The lowest BCUT2D eigenvalue weighted by atomic mass is 10.2. The molecule has 0 aliphatic rings. The van der Waals surface area contributed by atoms with Crippen LogP contribution in [0.15, 0.2) is 42.5 Å². The molecule has 0 aromatic heterocycles. The van der Waals surface area contributed by atoms with Crippen LogP contribution in [0.5, 0.6) is 11.5 Å². The first-order valence-corrected chi connectivity index (χ1v) is 7.25. The van der Waals surface area contributed by atoms with Crippen LogP contribution in [0.25, 0.3) is 0 Å². The van der Waals surface area contributed by atoms with Gasteiger partial charge in [0.2, 0.25) is 0 Å². The number of hydrogen-bond donors (Lipinski definition) is 1. The Kier molecular flexibility index (Phi) is 5.28. The second-order valence-corrected chi connectivity index (χ2v) is 5.32. The van der Waals surface area contributed by atoms with Crippen molar-refractivity contribution in [2.24, 2.45) is 0 Å². The predicted octanol–water partition coefficient (Wildman–Crippen LogP) is 4.06. The number of ether oxygens (including phenoxy) is 2.